The van der Waals surface area contributed by atoms with Crippen LogP contribution >= 0.6 is 21.6 Å². The molecule has 11 aliphatic rings. The second-order valence-electron chi connectivity index (χ2n) is 30.9. The Morgan fingerprint density at radius 1 is 0.796 bits per heavy atom. The van der Waals surface area contributed by atoms with Gasteiger partial charge in [-0.1, -0.05) is 126 Å². The van der Waals surface area contributed by atoms with Gasteiger partial charge in [-0.25, -0.2) is 0 Å². The van der Waals surface area contributed by atoms with E-state index in [9.17, 15) is 35.7 Å². The van der Waals surface area contributed by atoms with Crippen molar-refractivity contribution in [3.05, 3.63) is 153 Å². The number of rotatable bonds is 10. The number of aromatic amines is 1. The van der Waals surface area contributed by atoms with Crippen molar-refractivity contribution in [3.63, 3.8) is 0 Å². The largest absolute Gasteiger partial charge is 0.504 e. The third-order valence-electron chi connectivity index (χ3n) is 27.0. The summed E-state index contributed by atoms with van der Waals surface area (Å²) >= 11 is 0. The second-order valence-corrected chi connectivity index (χ2v) is 33.4. The molecule has 11 N–H and O–H groups in total. The minimum absolute atomic E-state index is 0.0141. The highest BCUT2D eigenvalue weighted by Gasteiger charge is 2.76. The molecule has 2 bridgehead atoms. The van der Waals surface area contributed by atoms with Crippen molar-refractivity contribution in [2.75, 3.05) is 37.9 Å². The summed E-state index contributed by atoms with van der Waals surface area (Å²) in [5.41, 5.74) is 16.9. The maximum Gasteiger partial charge on any atom is 0.161 e. The summed E-state index contributed by atoms with van der Waals surface area (Å²) in [7, 11) is 3.27. The van der Waals surface area contributed by atoms with Crippen molar-refractivity contribution in [2.45, 2.75) is 190 Å². The second kappa shape index (κ2) is 26.3. The first-order valence-corrected chi connectivity index (χ1v) is 38.5. The molecule has 4 spiro atoms. The molecule has 2 aliphatic heterocycles. The van der Waals surface area contributed by atoms with E-state index in [0.717, 1.165) is 72.9 Å². The van der Waals surface area contributed by atoms with Crippen molar-refractivity contribution in [1.82, 2.24) is 10.3 Å². The summed E-state index contributed by atoms with van der Waals surface area (Å²) in [6.07, 6.45) is 20.7. The zero-order valence-electron chi connectivity index (χ0n) is 54.5. The summed E-state index contributed by atoms with van der Waals surface area (Å²) in [4.78, 5) is 3.41. The van der Waals surface area contributed by atoms with Gasteiger partial charge < -0.3 is 61.3 Å². The number of aromatic hydroxyl groups is 1. The summed E-state index contributed by atoms with van der Waals surface area (Å²) in [6.45, 7) is 2.48. The number of hydrogen-bond donors (Lipinski definition) is 10. The highest BCUT2D eigenvalue weighted by Crippen LogP contribution is 2.82. The molecule has 3 heterocycles. The lowest BCUT2D eigenvalue weighted by molar-refractivity contribution is -0.257. The number of hydrogen-bond acceptors (Lipinski definition) is 13. The Bertz CT molecular complexity index is 3500. The molecule has 4 aromatic rings. The minimum Gasteiger partial charge on any atom is -0.504 e. The minimum atomic E-state index is -1.08. The highest BCUT2D eigenvalue weighted by atomic mass is 33.1. The Labute approximate surface area is 559 Å². The molecule has 498 valence electrons. The fourth-order valence-electron chi connectivity index (χ4n) is 23.4. The summed E-state index contributed by atoms with van der Waals surface area (Å²) < 4.78 is 13.9. The average Bonchev–Trinajstić information content (AvgIpc) is 1.65. The van der Waals surface area contributed by atoms with Gasteiger partial charge in [0.05, 0.1) is 43.7 Å². The van der Waals surface area contributed by atoms with Gasteiger partial charge >= 0.3 is 0 Å². The molecule has 0 amide bonds. The maximum absolute atomic E-state index is 13.6. The van der Waals surface area contributed by atoms with Crippen LogP contribution in [0.1, 0.15) is 161 Å². The average molecular weight is 1300 g/mol. The van der Waals surface area contributed by atoms with Gasteiger partial charge in [-0.15, -0.1) is 0 Å². The molecule has 9 aliphatic carbocycles. The molecule has 6 fully saturated rings. The molecular formula is C79H101N3O9S2. The van der Waals surface area contributed by atoms with Crippen molar-refractivity contribution in [2.24, 2.45) is 80.7 Å². The number of aromatic nitrogens is 1. The van der Waals surface area contributed by atoms with E-state index >= 15 is 0 Å². The quantitative estimate of drug-likeness (QED) is 0.0407. The van der Waals surface area contributed by atoms with Gasteiger partial charge in [-0.2, -0.15) is 0 Å². The lowest BCUT2D eigenvalue weighted by Gasteiger charge is -2.74. The van der Waals surface area contributed by atoms with E-state index in [1.807, 2.05) is 24.4 Å². The predicted octanol–water partition coefficient (Wildman–Crippen LogP) is 12.0. The van der Waals surface area contributed by atoms with Gasteiger partial charge in [-0.3, -0.25) is 0 Å². The molecule has 1 saturated heterocycles. The van der Waals surface area contributed by atoms with Crippen molar-refractivity contribution < 1.29 is 45.2 Å². The third kappa shape index (κ3) is 11.1. The van der Waals surface area contributed by atoms with E-state index in [0.29, 0.717) is 80.7 Å². The van der Waals surface area contributed by atoms with Crippen LogP contribution in [0.2, 0.25) is 0 Å². The zero-order chi connectivity index (χ0) is 63.8. The molecule has 20 atom stereocenters. The summed E-state index contributed by atoms with van der Waals surface area (Å²) in [5.74, 6) is 9.87. The van der Waals surface area contributed by atoms with E-state index in [2.05, 4.69) is 102 Å². The highest BCUT2D eigenvalue weighted by molar-refractivity contribution is 8.76. The first-order valence-electron chi connectivity index (χ1n) is 36.0. The van der Waals surface area contributed by atoms with Gasteiger partial charge in [0.25, 0.3) is 0 Å². The van der Waals surface area contributed by atoms with Gasteiger partial charge in [0.2, 0.25) is 0 Å². The van der Waals surface area contributed by atoms with E-state index < -0.39 is 59.8 Å². The lowest BCUT2D eigenvalue weighted by Crippen LogP contribution is -2.70. The molecule has 0 radical (unpaired) electrons. The monoisotopic (exact) mass is 1300 g/mol. The van der Waals surface area contributed by atoms with Gasteiger partial charge in [-0.05, 0) is 231 Å². The molecule has 1 aromatic heterocycles. The van der Waals surface area contributed by atoms with Crippen molar-refractivity contribution in [1.29, 1.82) is 0 Å². The Kier molecular flexibility index (Phi) is 18.2. The number of ether oxygens (including phenoxy) is 2. The number of nitrogens with two attached hydrogens (primary N) is 1. The number of aliphatic hydroxyl groups excluding tert-OH is 6. The van der Waals surface area contributed by atoms with Crippen LogP contribution < -0.4 is 15.8 Å². The number of fused-ring (bicyclic) bond motifs is 7. The van der Waals surface area contributed by atoms with E-state index in [1.165, 1.54) is 61.6 Å². The van der Waals surface area contributed by atoms with Gasteiger partial charge in [0, 0.05) is 77.1 Å². The third-order valence-corrected chi connectivity index (χ3v) is 29.4. The molecule has 93 heavy (non-hydrogen) atoms. The smallest absolute Gasteiger partial charge is 0.161 e. The van der Waals surface area contributed by atoms with Crippen LogP contribution in [0.25, 0.3) is 0 Å². The van der Waals surface area contributed by atoms with E-state index in [-0.39, 0.29) is 83.1 Å². The first kappa shape index (κ1) is 64.3. The molecule has 5 saturated carbocycles. The van der Waals surface area contributed by atoms with Crippen LogP contribution in [0.4, 0.5) is 0 Å². The Morgan fingerprint density at radius 3 is 2.41 bits per heavy atom. The number of H-pyrrole nitrogens is 1. The van der Waals surface area contributed by atoms with Gasteiger partial charge in [0.15, 0.2) is 11.5 Å². The molecular weight excluding hydrogens is 1200 g/mol. The Balaban J connectivity index is 0.862. The van der Waals surface area contributed by atoms with Gasteiger partial charge in [0.1, 0.15) is 11.9 Å². The van der Waals surface area contributed by atoms with Crippen LogP contribution in [0.15, 0.2) is 120 Å². The zero-order valence-corrected chi connectivity index (χ0v) is 56.1. The number of allylic oxidation sites excluding steroid dienone is 3. The van der Waals surface area contributed by atoms with Crippen molar-refractivity contribution in [3.8, 4) is 23.3 Å². The Hall–Kier alpha value is -4.66. The number of phenols is 1. The topological polar surface area (TPSA) is 214 Å². The molecule has 12 nitrogen and oxygen atoms in total. The van der Waals surface area contributed by atoms with E-state index in [1.54, 1.807) is 27.2 Å². The number of aliphatic hydroxyl groups is 6. The van der Waals surface area contributed by atoms with Crippen LogP contribution in [0, 0.1) is 86.8 Å². The SMILES string of the molecule is CC[C@@H]1Cc2cc(O)c(O[C@@H]3C[C@H](Cc4ccc[nH]4)C4=CCNC(N)=C4CSSC[C@H](CO)[C@H]3O)cc2[C@H]2C[C@@H](O)[C@H]3[C@@H](OCCO)CC[C@@H](O)C[C@]4(C#C[C@H]3C=C12)C[C@H](c1ccccc1)[C@@H]1Cc2ccccc2C[C@@]23[C@H](CCC25CCCC5)CC[C@@]12[C@H]3CC[C@H](O)[C@@H]42. The number of dihydropyridines is 1. The number of phenolic OH excluding ortho intramolecular Hbond substituents is 1. The number of benzene rings is 3. The normalized spacial score (nSPS) is 39.4. The van der Waals surface area contributed by atoms with Crippen LogP contribution in [-0.4, -0.2) is 115 Å². The van der Waals surface area contributed by atoms with Crippen LogP contribution in [0.3, 0.4) is 0 Å². The molecule has 15 rings (SSSR count). The summed E-state index contributed by atoms with van der Waals surface area (Å²) in [6, 6.07) is 28.7. The fourth-order valence-corrected chi connectivity index (χ4v) is 25.9. The van der Waals surface area contributed by atoms with Crippen molar-refractivity contribution >= 4 is 21.6 Å². The maximum atomic E-state index is 13.6. The molecule has 14 heteroatoms. The Morgan fingerprint density at radius 2 is 1.61 bits per heavy atom. The van der Waals surface area contributed by atoms with Crippen LogP contribution in [-0.2, 0) is 30.4 Å². The standard InChI is InChI=1S/C79H101N3O9S2/c1-2-47-33-52-37-66(87)69(91-70-38-53(34-56-15-10-29-81-56)58-23-30-82-75(80)63(58)46-93-92-45-54(44-84)73(70)89)40-60(52)61-39-67(88)72-50(35-59(47)61)20-26-76(42-57(85)16-18-68(72)90-32-31-83)43-62(48-11-4-3-5-12-48)64-36-49-13-6-7-14-51(49)41-79-55(21-27-77(79)24-8-9-25-77)22-28-78(64)71(79)19-17-65(86)74(76)78/h3-7,10-15,23,29,35,37,40,47,50,53-55,57,61-62,64-65,67-68,70-74,81-89H,2,8-9,16-19,21-22,24-25,27-28,30-34,36,38-39,41-46,80H2,1H3/t47-,50+,53+,54+,55-,57-,61+,62-,64+,65+,67-,68+,70-,71-,72+,73-,74+,76-,78+,79+/m1/s1. The molecule has 3 aromatic carbocycles. The lowest BCUT2D eigenvalue weighted by atomic mass is 9.30. The number of nitrogens with one attached hydrogen (secondary N) is 2. The first-order chi connectivity index (χ1) is 45.3. The van der Waals surface area contributed by atoms with Crippen LogP contribution in [0.5, 0.6) is 11.5 Å². The van der Waals surface area contributed by atoms with E-state index in [4.69, 9.17) is 15.2 Å². The molecule has 0 unspecified atom stereocenters. The summed E-state index contributed by atoms with van der Waals surface area (Å²) in [5, 5.41) is 89.7. The fraction of sp³-hybridized carbons (Fsp3) is 0.620. The predicted molar refractivity (Wildman–Crippen MR) is 368 cm³/mol.